The Kier molecular flexibility index (Phi) is 5.34. The minimum Gasteiger partial charge on any atom is -0.450 e. The molecule has 1 aromatic heterocycles. The lowest BCUT2D eigenvalue weighted by molar-refractivity contribution is 0.0856. The summed E-state index contributed by atoms with van der Waals surface area (Å²) in [6.07, 6.45) is 4.62. The highest BCUT2D eigenvalue weighted by Crippen LogP contribution is 2.22. The number of amides is 2. The molecule has 3 heterocycles. The smallest absolute Gasteiger partial charge is 0.409 e. The van der Waals surface area contributed by atoms with Gasteiger partial charge in [0.05, 0.1) is 12.6 Å². The maximum absolute atomic E-state index is 12.3. The van der Waals surface area contributed by atoms with Gasteiger partial charge in [-0.1, -0.05) is 0 Å². The zero-order valence-corrected chi connectivity index (χ0v) is 13.9. The number of aromatic nitrogens is 1. The van der Waals surface area contributed by atoms with Gasteiger partial charge in [0.25, 0.3) is 5.91 Å². The fraction of sp³-hybridized carbons (Fsp3) is 0.688. The molecule has 0 aliphatic carbocycles. The van der Waals surface area contributed by atoms with E-state index < -0.39 is 0 Å². The van der Waals surface area contributed by atoms with E-state index >= 15 is 0 Å². The van der Waals surface area contributed by atoms with Crippen LogP contribution < -0.4 is 10.6 Å². The van der Waals surface area contributed by atoms with Gasteiger partial charge in [-0.05, 0) is 39.2 Å². The molecule has 24 heavy (non-hydrogen) atoms. The Morgan fingerprint density at radius 1 is 1.42 bits per heavy atom. The molecule has 2 saturated heterocycles. The minimum atomic E-state index is -0.285. The number of hydrogen-bond acceptors (Lipinski definition) is 6. The fourth-order valence-corrected chi connectivity index (χ4v) is 3.13. The van der Waals surface area contributed by atoms with Crippen LogP contribution in [0.25, 0.3) is 0 Å². The molecule has 8 heteroatoms. The lowest BCUT2D eigenvalue weighted by Crippen LogP contribution is -2.46. The molecule has 8 nitrogen and oxygen atoms in total. The van der Waals surface area contributed by atoms with Crippen LogP contribution in [-0.4, -0.2) is 54.2 Å². The first-order valence-corrected chi connectivity index (χ1v) is 8.58. The van der Waals surface area contributed by atoms with Gasteiger partial charge in [-0.3, -0.25) is 4.79 Å². The number of carbonyl (C=O) groups excluding carboxylic acids is 2. The highest BCUT2D eigenvalue weighted by molar-refractivity contribution is 5.92. The first kappa shape index (κ1) is 16.8. The SMILES string of the molecule is CCOC(=O)N1CCC(NC(=O)c2coc(C3CCCN3)n2)CC1. The molecular weight excluding hydrogens is 312 g/mol. The predicted molar refractivity (Wildman–Crippen MR) is 85.6 cm³/mol. The zero-order valence-electron chi connectivity index (χ0n) is 13.9. The first-order valence-electron chi connectivity index (χ1n) is 8.58. The molecule has 2 N–H and O–H groups in total. The van der Waals surface area contributed by atoms with E-state index in [-0.39, 0.29) is 24.1 Å². The largest absolute Gasteiger partial charge is 0.450 e. The number of carbonyl (C=O) groups is 2. The van der Waals surface area contributed by atoms with E-state index in [0.29, 0.717) is 44.1 Å². The van der Waals surface area contributed by atoms with E-state index in [2.05, 4.69) is 15.6 Å². The summed E-state index contributed by atoms with van der Waals surface area (Å²) in [5, 5.41) is 6.26. The van der Waals surface area contributed by atoms with Crippen LogP contribution in [0.2, 0.25) is 0 Å². The van der Waals surface area contributed by atoms with Crippen molar-refractivity contribution in [3.05, 3.63) is 17.8 Å². The van der Waals surface area contributed by atoms with Crippen LogP contribution in [0.1, 0.15) is 55.0 Å². The van der Waals surface area contributed by atoms with Crippen molar-refractivity contribution in [3.8, 4) is 0 Å². The van der Waals surface area contributed by atoms with Crippen molar-refractivity contribution in [1.82, 2.24) is 20.5 Å². The molecule has 3 rings (SSSR count). The highest BCUT2D eigenvalue weighted by atomic mass is 16.6. The van der Waals surface area contributed by atoms with Crippen LogP contribution in [0.5, 0.6) is 0 Å². The normalized spacial score (nSPS) is 21.7. The van der Waals surface area contributed by atoms with Crippen LogP contribution in [0.3, 0.4) is 0 Å². The Morgan fingerprint density at radius 3 is 2.88 bits per heavy atom. The fourth-order valence-electron chi connectivity index (χ4n) is 3.13. The van der Waals surface area contributed by atoms with Gasteiger partial charge in [0, 0.05) is 19.1 Å². The summed E-state index contributed by atoms with van der Waals surface area (Å²) in [5.41, 5.74) is 0.312. The maximum atomic E-state index is 12.3. The third-order valence-electron chi connectivity index (χ3n) is 4.47. The molecule has 0 aromatic carbocycles. The average molecular weight is 336 g/mol. The van der Waals surface area contributed by atoms with Crippen LogP contribution in [0, 0.1) is 0 Å². The highest BCUT2D eigenvalue weighted by Gasteiger charge is 2.27. The van der Waals surface area contributed by atoms with Crippen LogP contribution in [-0.2, 0) is 4.74 Å². The van der Waals surface area contributed by atoms with Gasteiger partial charge in [-0.2, -0.15) is 0 Å². The van der Waals surface area contributed by atoms with Gasteiger partial charge in [0.15, 0.2) is 5.69 Å². The van der Waals surface area contributed by atoms with Gasteiger partial charge in [0.2, 0.25) is 5.89 Å². The summed E-state index contributed by atoms with van der Waals surface area (Å²) < 4.78 is 10.4. The van der Waals surface area contributed by atoms with E-state index in [1.165, 1.54) is 6.26 Å². The van der Waals surface area contributed by atoms with E-state index in [0.717, 1.165) is 19.4 Å². The Morgan fingerprint density at radius 2 is 2.21 bits per heavy atom. The van der Waals surface area contributed by atoms with Crippen LogP contribution in [0.15, 0.2) is 10.7 Å². The number of nitrogens with one attached hydrogen (secondary N) is 2. The molecule has 1 atom stereocenters. The summed E-state index contributed by atoms with van der Waals surface area (Å²) in [4.78, 5) is 29.9. The lowest BCUT2D eigenvalue weighted by atomic mass is 10.1. The quantitative estimate of drug-likeness (QED) is 0.864. The van der Waals surface area contributed by atoms with Crippen molar-refractivity contribution in [3.63, 3.8) is 0 Å². The lowest BCUT2D eigenvalue weighted by Gasteiger charge is -2.31. The predicted octanol–water partition coefficient (Wildman–Crippen LogP) is 1.45. The molecular formula is C16H24N4O4. The Bertz CT molecular complexity index is 574. The summed E-state index contributed by atoms with van der Waals surface area (Å²) >= 11 is 0. The van der Waals surface area contributed by atoms with E-state index in [9.17, 15) is 9.59 Å². The summed E-state index contributed by atoms with van der Waals surface area (Å²) in [6.45, 7) is 4.28. The monoisotopic (exact) mass is 336 g/mol. The van der Waals surface area contributed by atoms with Gasteiger partial charge < -0.3 is 24.7 Å². The second-order valence-corrected chi connectivity index (χ2v) is 6.15. The molecule has 2 aliphatic heterocycles. The number of oxazole rings is 1. The molecule has 0 spiro atoms. The molecule has 1 unspecified atom stereocenters. The molecule has 0 saturated carbocycles. The number of likely N-dealkylation sites (tertiary alicyclic amines) is 1. The summed E-state index contributed by atoms with van der Waals surface area (Å²) in [5.74, 6) is 0.354. The van der Waals surface area contributed by atoms with Gasteiger partial charge >= 0.3 is 6.09 Å². The number of nitrogens with zero attached hydrogens (tertiary/aromatic N) is 2. The average Bonchev–Trinajstić information content (AvgIpc) is 3.27. The maximum Gasteiger partial charge on any atom is 0.409 e. The summed E-state index contributed by atoms with van der Waals surface area (Å²) in [7, 11) is 0. The Labute approximate surface area is 140 Å². The van der Waals surface area contributed by atoms with Crippen molar-refractivity contribution in [2.75, 3.05) is 26.2 Å². The molecule has 2 fully saturated rings. The number of piperidine rings is 1. The van der Waals surface area contributed by atoms with Crippen LogP contribution in [0.4, 0.5) is 4.79 Å². The second kappa shape index (κ2) is 7.65. The third kappa shape index (κ3) is 3.87. The van der Waals surface area contributed by atoms with Crippen molar-refractivity contribution in [2.45, 2.75) is 44.7 Å². The molecule has 2 aliphatic rings. The van der Waals surface area contributed by atoms with E-state index in [1.807, 2.05) is 0 Å². The zero-order chi connectivity index (χ0) is 16.9. The molecule has 1 aromatic rings. The Balaban J connectivity index is 1.48. The van der Waals surface area contributed by atoms with E-state index in [1.54, 1.807) is 11.8 Å². The topological polar surface area (TPSA) is 96.7 Å². The van der Waals surface area contributed by atoms with Crippen molar-refractivity contribution in [1.29, 1.82) is 0 Å². The molecule has 0 radical (unpaired) electrons. The summed E-state index contributed by atoms with van der Waals surface area (Å²) in [6, 6.07) is 0.146. The standard InChI is InChI=1S/C16H24N4O4/c1-2-23-16(22)20-8-5-11(6-9-20)18-14(21)13-10-24-15(19-13)12-4-3-7-17-12/h10-12,17H,2-9H2,1H3,(H,18,21). The van der Waals surface area contributed by atoms with Gasteiger partial charge in [0.1, 0.15) is 6.26 Å². The number of hydrogen-bond donors (Lipinski definition) is 2. The number of ether oxygens (including phenoxy) is 1. The van der Waals surface area contributed by atoms with Gasteiger partial charge in [-0.25, -0.2) is 9.78 Å². The van der Waals surface area contributed by atoms with E-state index in [4.69, 9.17) is 9.15 Å². The van der Waals surface area contributed by atoms with Crippen LogP contribution >= 0.6 is 0 Å². The van der Waals surface area contributed by atoms with Crippen molar-refractivity contribution in [2.24, 2.45) is 0 Å². The first-order chi connectivity index (χ1) is 11.7. The second-order valence-electron chi connectivity index (χ2n) is 6.15. The minimum absolute atomic E-state index is 0.0351. The van der Waals surface area contributed by atoms with Gasteiger partial charge in [-0.15, -0.1) is 0 Å². The third-order valence-corrected chi connectivity index (χ3v) is 4.47. The van der Waals surface area contributed by atoms with Crippen molar-refractivity contribution < 1.29 is 18.7 Å². The Hall–Kier alpha value is -2.09. The molecule has 2 amide bonds. The van der Waals surface area contributed by atoms with Crippen molar-refractivity contribution >= 4 is 12.0 Å². The number of rotatable bonds is 4. The molecule has 132 valence electrons. The molecule has 0 bridgehead atoms.